The largest absolute Gasteiger partial charge is 0.325 e. The van der Waals surface area contributed by atoms with Gasteiger partial charge in [0.2, 0.25) is 5.91 Å². The summed E-state index contributed by atoms with van der Waals surface area (Å²) in [5.41, 5.74) is 4.92. The first kappa shape index (κ1) is 16.1. The molecule has 2 heterocycles. The average molecular weight is 345 g/mol. The lowest BCUT2D eigenvalue weighted by Crippen LogP contribution is -2.29. The lowest BCUT2D eigenvalue weighted by Gasteiger charge is -2.13. The van der Waals surface area contributed by atoms with E-state index in [1.165, 1.54) is 4.57 Å². The van der Waals surface area contributed by atoms with Crippen molar-refractivity contribution in [1.29, 1.82) is 0 Å². The van der Waals surface area contributed by atoms with E-state index in [2.05, 4.69) is 5.32 Å². The van der Waals surface area contributed by atoms with Crippen LogP contribution in [-0.4, -0.2) is 14.9 Å². The summed E-state index contributed by atoms with van der Waals surface area (Å²) in [7, 11) is 0. The average Bonchev–Trinajstić information content (AvgIpc) is 3.08. The summed E-state index contributed by atoms with van der Waals surface area (Å²) in [6, 6.07) is 17.1. The summed E-state index contributed by atoms with van der Waals surface area (Å²) in [6.07, 6.45) is 1.86. The highest BCUT2D eigenvalue weighted by Gasteiger charge is 2.13. The van der Waals surface area contributed by atoms with E-state index in [4.69, 9.17) is 0 Å². The molecule has 1 amide bonds. The Morgan fingerprint density at radius 3 is 2.31 bits per heavy atom. The zero-order valence-electron chi connectivity index (χ0n) is 14.7. The summed E-state index contributed by atoms with van der Waals surface area (Å²) in [5, 5.41) is 2.90. The molecule has 0 fully saturated rings. The van der Waals surface area contributed by atoms with Crippen LogP contribution in [0.2, 0.25) is 0 Å². The maximum atomic E-state index is 12.9. The fourth-order valence-corrected chi connectivity index (χ4v) is 3.46. The summed E-state index contributed by atoms with van der Waals surface area (Å²) in [6.45, 7) is 3.94. The molecule has 0 saturated carbocycles. The van der Waals surface area contributed by atoms with Crippen molar-refractivity contribution in [3.05, 3.63) is 82.3 Å². The first-order chi connectivity index (χ1) is 12.5. The molecule has 0 aliphatic carbocycles. The number of benzene rings is 2. The van der Waals surface area contributed by atoms with Crippen molar-refractivity contribution in [3.8, 4) is 0 Å². The summed E-state index contributed by atoms with van der Waals surface area (Å²) < 4.78 is 3.39. The number of carbonyl (C=O) groups is 1. The predicted molar refractivity (Wildman–Crippen MR) is 104 cm³/mol. The fourth-order valence-electron chi connectivity index (χ4n) is 3.46. The number of fused-ring (bicyclic) bond motifs is 3. The molecule has 0 radical (unpaired) electrons. The third-order valence-electron chi connectivity index (χ3n) is 4.45. The zero-order valence-corrected chi connectivity index (χ0v) is 14.7. The number of amides is 1. The van der Waals surface area contributed by atoms with Crippen molar-refractivity contribution >= 4 is 28.1 Å². The molecule has 4 rings (SSSR count). The van der Waals surface area contributed by atoms with Crippen molar-refractivity contribution < 1.29 is 4.79 Å². The minimum atomic E-state index is -0.224. The molecular formula is C21H19N3O2. The molecule has 0 aliphatic rings. The van der Waals surface area contributed by atoms with Gasteiger partial charge in [-0.15, -0.1) is 0 Å². The molecular weight excluding hydrogens is 326 g/mol. The number of para-hydroxylation sites is 2. The van der Waals surface area contributed by atoms with Gasteiger partial charge in [0, 0.05) is 11.9 Å². The van der Waals surface area contributed by atoms with Crippen LogP contribution in [0.4, 0.5) is 5.69 Å². The van der Waals surface area contributed by atoms with Crippen molar-refractivity contribution in [2.75, 3.05) is 5.32 Å². The molecule has 0 unspecified atom stereocenters. The lowest BCUT2D eigenvalue weighted by molar-refractivity contribution is -0.116. The van der Waals surface area contributed by atoms with Crippen LogP contribution in [0.1, 0.15) is 11.1 Å². The van der Waals surface area contributed by atoms with E-state index in [9.17, 15) is 9.59 Å². The number of aromatic nitrogens is 2. The second kappa shape index (κ2) is 6.19. The Bertz CT molecular complexity index is 1180. The molecule has 2 aromatic carbocycles. The first-order valence-electron chi connectivity index (χ1n) is 8.50. The number of hydrogen-bond donors (Lipinski definition) is 1. The van der Waals surface area contributed by atoms with Crippen LogP contribution in [0, 0.1) is 13.8 Å². The normalized spacial score (nSPS) is 11.2. The number of anilines is 1. The van der Waals surface area contributed by atoms with Gasteiger partial charge < -0.3 is 9.72 Å². The fraction of sp³-hybridized carbons (Fsp3) is 0.143. The molecule has 0 saturated heterocycles. The van der Waals surface area contributed by atoms with E-state index in [0.29, 0.717) is 5.52 Å². The number of nitrogens with one attached hydrogen (secondary N) is 1. The number of carbonyl (C=O) groups excluding carboxylic acids is 1. The van der Waals surface area contributed by atoms with Gasteiger partial charge in [-0.3, -0.25) is 14.2 Å². The van der Waals surface area contributed by atoms with Crippen molar-refractivity contribution in [2.45, 2.75) is 20.4 Å². The van der Waals surface area contributed by atoms with E-state index < -0.39 is 0 Å². The molecule has 4 aromatic rings. The standard InChI is InChI=1S/C21H19N3O2/c1-14-10-15(2)12-16(11-14)22-20(25)13-24-18-7-4-3-6-17(18)23-9-5-8-19(23)21(24)26/h3-12H,13H2,1-2H3,(H,22,25). The number of rotatable bonds is 3. The highest BCUT2D eigenvalue weighted by atomic mass is 16.2. The molecule has 5 nitrogen and oxygen atoms in total. The molecule has 0 aliphatic heterocycles. The summed E-state index contributed by atoms with van der Waals surface area (Å²) >= 11 is 0. The van der Waals surface area contributed by atoms with Crippen LogP contribution in [0.25, 0.3) is 16.6 Å². The van der Waals surface area contributed by atoms with E-state index in [-0.39, 0.29) is 18.0 Å². The number of aryl methyl sites for hydroxylation is 2. The van der Waals surface area contributed by atoms with Crippen LogP contribution in [0.5, 0.6) is 0 Å². The van der Waals surface area contributed by atoms with Crippen LogP contribution in [0.15, 0.2) is 65.6 Å². The zero-order chi connectivity index (χ0) is 18.3. The third kappa shape index (κ3) is 2.77. The van der Waals surface area contributed by atoms with Gasteiger partial charge in [-0.25, -0.2) is 0 Å². The molecule has 2 aromatic heterocycles. The minimum absolute atomic E-state index is 0.0337. The van der Waals surface area contributed by atoms with Gasteiger partial charge in [0.15, 0.2) is 0 Å². The van der Waals surface area contributed by atoms with E-state index in [0.717, 1.165) is 27.8 Å². The Morgan fingerprint density at radius 1 is 0.923 bits per heavy atom. The van der Waals surface area contributed by atoms with Gasteiger partial charge in [-0.05, 0) is 61.4 Å². The summed E-state index contributed by atoms with van der Waals surface area (Å²) in [5.74, 6) is -0.224. The van der Waals surface area contributed by atoms with Crippen LogP contribution >= 0.6 is 0 Å². The van der Waals surface area contributed by atoms with E-state index in [1.807, 2.05) is 73.0 Å². The van der Waals surface area contributed by atoms with Crippen LogP contribution in [0.3, 0.4) is 0 Å². The quantitative estimate of drug-likeness (QED) is 0.618. The number of nitrogens with zero attached hydrogens (tertiary/aromatic N) is 2. The second-order valence-electron chi connectivity index (χ2n) is 6.57. The van der Waals surface area contributed by atoms with Crippen molar-refractivity contribution in [3.63, 3.8) is 0 Å². The summed E-state index contributed by atoms with van der Waals surface area (Å²) in [4.78, 5) is 25.5. The molecule has 0 bridgehead atoms. The third-order valence-corrected chi connectivity index (χ3v) is 4.45. The highest BCUT2D eigenvalue weighted by molar-refractivity contribution is 5.92. The van der Waals surface area contributed by atoms with Gasteiger partial charge in [0.1, 0.15) is 12.1 Å². The topological polar surface area (TPSA) is 55.5 Å². The van der Waals surface area contributed by atoms with Gasteiger partial charge in [0.25, 0.3) is 5.56 Å². The van der Waals surface area contributed by atoms with Crippen molar-refractivity contribution in [2.24, 2.45) is 0 Å². The predicted octanol–water partition coefficient (Wildman–Crippen LogP) is 3.51. The Morgan fingerprint density at radius 2 is 1.58 bits per heavy atom. The van der Waals surface area contributed by atoms with Crippen LogP contribution < -0.4 is 10.9 Å². The highest BCUT2D eigenvalue weighted by Crippen LogP contribution is 2.16. The minimum Gasteiger partial charge on any atom is -0.325 e. The molecule has 0 spiro atoms. The Hall–Kier alpha value is -3.34. The Labute approximate surface area is 150 Å². The molecule has 5 heteroatoms. The molecule has 1 N–H and O–H groups in total. The maximum Gasteiger partial charge on any atom is 0.275 e. The number of hydrogen-bond acceptors (Lipinski definition) is 2. The Kier molecular flexibility index (Phi) is 3.84. The van der Waals surface area contributed by atoms with E-state index in [1.54, 1.807) is 6.07 Å². The van der Waals surface area contributed by atoms with Gasteiger partial charge in [-0.1, -0.05) is 18.2 Å². The molecule has 26 heavy (non-hydrogen) atoms. The Balaban J connectivity index is 1.75. The second-order valence-corrected chi connectivity index (χ2v) is 6.57. The van der Waals surface area contributed by atoms with Crippen LogP contribution in [-0.2, 0) is 11.3 Å². The first-order valence-corrected chi connectivity index (χ1v) is 8.50. The molecule has 130 valence electrons. The van der Waals surface area contributed by atoms with Gasteiger partial charge in [-0.2, -0.15) is 0 Å². The van der Waals surface area contributed by atoms with E-state index >= 15 is 0 Å². The SMILES string of the molecule is Cc1cc(C)cc(NC(=O)Cn2c(=O)c3cccn3c3ccccc32)c1. The molecule has 0 atom stereocenters. The smallest absolute Gasteiger partial charge is 0.275 e. The monoisotopic (exact) mass is 345 g/mol. The van der Waals surface area contributed by atoms with Crippen molar-refractivity contribution in [1.82, 2.24) is 8.97 Å². The van der Waals surface area contributed by atoms with Gasteiger partial charge in [0.05, 0.1) is 11.0 Å². The lowest BCUT2D eigenvalue weighted by atomic mass is 10.1. The maximum absolute atomic E-state index is 12.9. The van der Waals surface area contributed by atoms with Gasteiger partial charge >= 0.3 is 0 Å².